The third kappa shape index (κ3) is 6.21. The fourth-order valence-electron chi connectivity index (χ4n) is 4.56. The zero-order chi connectivity index (χ0) is 22.2. The van der Waals surface area contributed by atoms with Gasteiger partial charge in [0.1, 0.15) is 0 Å². The molecule has 1 saturated heterocycles. The van der Waals surface area contributed by atoms with Crippen molar-refractivity contribution in [1.82, 2.24) is 20.4 Å². The van der Waals surface area contributed by atoms with Gasteiger partial charge in [-0.2, -0.15) is 0 Å². The average Bonchev–Trinajstić information content (AvgIpc) is 3.23. The Morgan fingerprint density at radius 2 is 1.87 bits per heavy atom. The summed E-state index contributed by atoms with van der Waals surface area (Å²) in [4.78, 5) is 42.5. The van der Waals surface area contributed by atoms with Crippen LogP contribution in [0.25, 0.3) is 0 Å². The molecule has 7 heteroatoms. The fourth-order valence-corrected chi connectivity index (χ4v) is 4.56. The van der Waals surface area contributed by atoms with E-state index in [-0.39, 0.29) is 29.8 Å². The maximum Gasteiger partial charge on any atom is 0.317 e. The third-order valence-corrected chi connectivity index (χ3v) is 6.29. The largest absolute Gasteiger partial charge is 0.354 e. The smallest absolute Gasteiger partial charge is 0.317 e. The van der Waals surface area contributed by atoms with Crippen LogP contribution in [0.2, 0.25) is 0 Å². The molecule has 1 aliphatic carbocycles. The number of fused-ring (bicyclic) bond motifs is 1. The van der Waals surface area contributed by atoms with E-state index < -0.39 is 0 Å². The van der Waals surface area contributed by atoms with Gasteiger partial charge >= 0.3 is 6.03 Å². The molecule has 0 spiro atoms. The summed E-state index contributed by atoms with van der Waals surface area (Å²) in [5.74, 6) is 0.311. The van der Waals surface area contributed by atoms with Crippen molar-refractivity contribution in [2.24, 2.45) is 11.8 Å². The molecule has 1 heterocycles. The number of hydrogen-bond acceptors (Lipinski definition) is 3. The van der Waals surface area contributed by atoms with E-state index in [1.54, 1.807) is 4.90 Å². The van der Waals surface area contributed by atoms with Crippen molar-refractivity contribution in [2.75, 3.05) is 32.7 Å². The van der Waals surface area contributed by atoms with Crippen LogP contribution in [-0.2, 0) is 4.79 Å². The van der Waals surface area contributed by atoms with Gasteiger partial charge in [-0.05, 0) is 43.7 Å². The fraction of sp³-hybridized carbons (Fsp3) is 0.625. The van der Waals surface area contributed by atoms with Crippen molar-refractivity contribution in [3.05, 3.63) is 35.9 Å². The quantitative estimate of drug-likeness (QED) is 0.774. The second-order valence-electron chi connectivity index (χ2n) is 9.02. The Labute approximate surface area is 185 Å². The zero-order valence-electron chi connectivity index (χ0n) is 18.8. The summed E-state index contributed by atoms with van der Waals surface area (Å²) < 4.78 is 0. The standard InChI is InChI=1S/C24H36N4O3/c1-18(2)12-13-26-24(31)27-15-7-16-28(23(30)19-8-4-3-5-9-19)21-11-6-10-20(21)22(29)25-14-17-27/h3-5,8-9,18,20-21H,6-7,10-17H2,1-2H3,(H,25,29)(H,26,31)/t20-,21+/m1/s1. The van der Waals surface area contributed by atoms with Crippen LogP contribution in [-0.4, -0.2) is 66.4 Å². The van der Waals surface area contributed by atoms with Gasteiger partial charge in [0.2, 0.25) is 5.91 Å². The van der Waals surface area contributed by atoms with Crippen LogP contribution in [0.4, 0.5) is 4.79 Å². The molecule has 3 rings (SSSR count). The highest BCUT2D eigenvalue weighted by atomic mass is 16.2. The van der Waals surface area contributed by atoms with Gasteiger partial charge in [0, 0.05) is 44.3 Å². The normalized spacial score (nSPS) is 22.5. The van der Waals surface area contributed by atoms with Crippen LogP contribution in [0.5, 0.6) is 0 Å². The summed E-state index contributed by atoms with van der Waals surface area (Å²) in [5.41, 5.74) is 0.645. The van der Waals surface area contributed by atoms with Gasteiger partial charge in [-0.15, -0.1) is 0 Å². The molecule has 2 aliphatic rings. The van der Waals surface area contributed by atoms with Crippen LogP contribution in [0.1, 0.15) is 56.3 Å². The highest BCUT2D eigenvalue weighted by Gasteiger charge is 2.39. The lowest BCUT2D eigenvalue weighted by atomic mass is 9.99. The lowest BCUT2D eigenvalue weighted by Crippen LogP contribution is -2.47. The van der Waals surface area contributed by atoms with Crippen molar-refractivity contribution in [1.29, 1.82) is 0 Å². The van der Waals surface area contributed by atoms with Crippen molar-refractivity contribution in [2.45, 2.75) is 52.0 Å². The number of hydrogen-bond donors (Lipinski definition) is 2. The number of nitrogens with zero attached hydrogens (tertiary/aromatic N) is 2. The number of amides is 4. The van der Waals surface area contributed by atoms with Crippen molar-refractivity contribution in [3.63, 3.8) is 0 Å². The summed E-state index contributed by atoms with van der Waals surface area (Å²) in [5, 5.41) is 6.00. The van der Waals surface area contributed by atoms with Crippen LogP contribution >= 0.6 is 0 Å². The first kappa shape index (κ1) is 23.1. The van der Waals surface area contributed by atoms with Crippen LogP contribution < -0.4 is 10.6 Å². The molecule has 0 radical (unpaired) electrons. The summed E-state index contributed by atoms with van der Waals surface area (Å²) in [6.07, 6.45) is 4.21. The van der Waals surface area contributed by atoms with Crippen molar-refractivity contribution in [3.8, 4) is 0 Å². The predicted octanol–water partition coefficient (Wildman–Crippen LogP) is 2.88. The Balaban J connectivity index is 1.73. The van der Waals surface area contributed by atoms with E-state index >= 15 is 0 Å². The lowest BCUT2D eigenvalue weighted by Gasteiger charge is -2.33. The van der Waals surface area contributed by atoms with Crippen LogP contribution in [0.3, 0.4) is 0 Å². The molecule has 1 aliphatic heterocycles. The molecule has 7 nitrogen and oxygen atoms in total. The van der Waals surface area contributed by atoms with E-state index in [4.69, 9.17) is 0 Å². The van der Waals surface area contributed by atoms with E-state index in [1.807, 2.05) is 35.2 Å². The topological polar surface area (TPSA) is 81.8 Å². The average molecular weight is 429 g/mol. The SMILES string of the molecule is CC(C)CCNC(=O)N1CCCN(C(=O)c2ccccc2)[C@H]2CCC[C@H]2C(=O)NCC1. The molecular formula is C24H36N4O3. The molecule has 1 aromatic rings. The van der Waals surface area contributed by atoms with E-state index in [0.717, 1.165) is 25.7 Å². The van der Waals surface area contributed by atoms with E-state index in [1.165, 1.54) is 0 Å². The number of benzene rings is 1. The number of nitrogens with one attached hydrogen (secondary N) is 2. The van der Waals surface area contributed by atoms with E-state index in [0.29, 0.717) is 50.6 Å². The van der Waals surface area contributed by atoms with Gasteiger partial charge in [0.25, 0.3) is 5.91 Å². The van der Waals surface area contributed by atoms with Crippen molar-refractivity contribution >= 4 is 17.8 Å². The Bertz CT molecular complexity index is 752. The van der Waals surface area contributed by atoms with Crippen LogP contribution in [0.15, 0.2) is 30.3 Å². The number of carbonyl (C=O) groups excluding carboxylic acids is 3. The number of urea groups is 1. The second-order valence-corrected chi connectivity index (χ2v) is 9.02. The number of rotatable bonds is 4. The monoisotopic (exact) mass is 428 g/mol. The second kappa shape index (κ2) is 11.2. The Morgan fingerprint density at radius 1 is 1.10 bits per heavy atom. The molecule has 0 unspecified atom stereocenters. The van der Waals surface area contributed by atoms with Crippen LogP contribution in [0, 0.1) is 11.8 Å². The Morgan fingerprint density at radius 3 is 2.61 bits per heavy atom. The molecule has 0 aromatic heterocycles. The Hall–Kier alpha value is -2.57. The molecule has 4 amide bonds. The first-order valence-electron chi connectivity index (χ1n) is 11.6. The molecule has 31 heavy (non-hydrogen) atoms. The first-order chi connectivity index (χ1) is 15.0. The summed E-state index contributed by atoms with van der Waals surface area (Å²) in [7, 11) is 0. The van der Waals surface area contributed by atoms with Gasteiger partial charge in [-0.1, -0.05) is 38.5 Å². The molecule has 0 bridgehead atoms. The zero-order valence-corrected chi connectivity index (χ0v) is 18.8. The molecular weight excluding hydrogens is 392 g/mol. The Kier molecular flexibility index (Phi) is 8.32. The van der Waals surface area contributed by atoms with E-state index in [2.05, 4.69) is 24.5 Å². The lowest BCUT2D eigenvalue weighted by molar-refractivity contribution is -0.126. The van der Waals surface area contributed by atoms with E-state index in [9.17, 15) is 14.4 Å². The molecule has 2 N–H and O–H groups in total. The molecule has 1 aromatic carbocycles. The highest BCUT2D eigenvalue weighted by molar-refractivity contribution is 5.95. The van der Waals surface area contributed by atoms with Gasteiger partial charge in [-0.3, -0.25) is 9.59 Å². The maximum atomic E-state index is 13.3. The summed E-state index contributed by atoms with van der Waals surface area (Å²) in [6.45, 7) is 6.91. The van der Waals surface area contributed by atoms with Gasteiger partial charge in [-0.25, -0.2) is 4.79 Å². The minimum atomic E-state index is -0.181. The van der Waals surface area contributed by atoms with Gasteiger partial charge in [0.15, 0.2) is 0 Å². The van der Waals surface area contributed by atoms with Gasteiger partial charge in [0.05, 0.1) is 5.92 Å². The van der Waals surface area contributed by atoms with Gasteiger partial charge < -0.3 is 20.4 Å². The first-order valence-corrected chi connectivity index (χ1v) is 11.6. The molecule has 170 valence electrons. The summed E-state index contributed by atoms with van der Waals surface area (Å²) >= 11 is 0. The molecule has 2 fully saturated rings. The number of carbonyl (C=O) groups is 3. The summed E-state index contributed by atoms with van der Waals surface area (Å²) in [6, 6.07) is 9.08. The maximum absolute atomic E-state index is 13.3. The predicted molar refractivity (Wildman–Crippen MR) is 121 cm³/mol. The molecule has 2 atom stereocenters. The van der Waals surface area contributed by atoms with Crippen molar-refractivity contribution < 1.29 is 14.4 Å². The highest BCUT2D eigenvalue weighted by Crippen LogP contribution is 2.31. The molecule has 1 saturated carbocycles. The minimum absolute atomic E-state index is 0.00423. The minimum Gasteiger partial charge on any atom is -0.354 e. The third-order valence-electron chi connectivity index (χ3n) is 6.29.